The van der Waals surface area contributed by atoms with Gasteiger partial charge in [0.2, 0.25) is 0 Å². The lowest BCUT2D eigenvalue weighted by molar-refractivity contribution is 0.102. The number of carbonyl (C=O) groups is 1. The zero-order chi connectivity index (χ0) is 11.5. The molecule has 2 aromatic heterocycles. The molecule has 6 nitrogen and oxygen atoms in total. The number of halogens is 1. The Balaban J connectivity index is 2.15. The number of aromatic nitrogens is 3. The molecule has 0 fully saturated rings. The van der Waals surface area contributed by atoms with E-state index in [1.54, 1.807) is 12.1 Å². The third-order valence-corrected chi connectivity index (χ3v) is 2.80. The van der Waals surface area contributed by atoms with Crippen LogP contribution in [0.2, 0.25) is 0 Å². The van der Waals surface area contributed by atoms with Crippen molar-refractivity contribution in [3.05, 3.63) is 33.8 Å². The first-order chi connectivity index (χ1) is 7.66. The molecule has 7 heteroatoms. The molecule has 82 valence electrons. The Labute approximate surface area is 105 Å². The maximum Gasteiger partial charge on any atom is 0.274 e. The fourth-order valence-corrected chi connectivity index (χ4v) is 1.51. The number of pyridine rings is 1. The van der Waals surface area contributed by atoms with Crippen LogP contribution in [0.4, 0.5) is 11.5 Å². The quantitative estimate of drug-likeness (QED) is 0.722. The molecule has 0 saturated heterocycles. The number of rotatable bonds is 2. The number of nitrogen functional groups attached to an aromatic ring is 1. The third-order valence-electron chi connectivity index (χ3n) is 1.87. The molecule has 0 aliphatic heterocycles. The molecule has 0 spiro atoms. The monoisotopic (exact) mass is 329 g/mol. The van der Waals surface area contributed by atoms with Gasteiger partial charge in [-0.3, -0.25) is 9.89 Å². The van der Waals surface area contributed by atoms with E-state index in [4.69, 9.17) is 5.73 Å². The summed E-state index contributed by atoms with van der Waals surface area (Å²) < 4.78 is 0.840. The molecule has 2 aromatic rings. The first-order valence-electron chi connectivity index (χ1n) is 4.38. The molecule has 2 rings (SSSR count). The van der Waals surface area contributed by atoms with Crippen LogP contribution in [0.5, 0.6) is 0 Å². The van der Waals surface area contributed by atoms with Crippen molar-refractivity contribution in [1.29, 1.82) is 0 Å². The van der Waals surface area contributed by atoms with Crippen molar-refractivity contribution in [3.63, 3.8) is 0 Å². The van der Waals surface area contributed by atoms with Crippen molar-refractivity contribution in [3.8, 4) is 0 Å². The summed E-state index contributed by atoms with van der Waals surface area (Å²) in [6.45, 7) is 0. The van der Waals surface area contributed by atoms with E-state index >= 15 is 0 Å². The summed E-state index contributed by atoms with van der Waals surface area (Å²) >= 11 is 2.07. The molecule has 16 heavy (non-hydrogen) atoms. The summed E-state index contributed by atoms with van der Waals surface area (Å²) in [6.07, 6.45) is 3.01. The van der Waals surface area contributed by atoms with Crippen LogP contribution in [-0.2, 0) is 0 Å². The SMILES string of the molecule is Nc1cnc(NC(=O)c2ccn[nH]2)cc1I. The van der Waals surface area contributed by atoms with Gasteiger partial charge >= 0.3 is 0 Å². The highest BCUT2D eigenvalue weighted by molar-refractivity contribution is 14.1. The van der Waals surface area contributed by atoms with Crippen LogP contribution in [-0.4, -0.2) is 21.1 Å². The molecule has 0 bridgehead atoms. The van der Waals surface area contributed by atoms with Gasteiger partial charge in [0.05, 0.1) is 11.9 Å². The zero-order valence-corrected chi connectivity index (χ0v) is 10.2. The van der Waals surface area contributed by atoms with Crippen molar-refractivity contribution in [2.75, 3.05) is 11.1 Å². The second-order valence-corrected chi connectivity index (χ2v) is 4.18. The molecule has 0 aromatic carbocycles. The van der Waals surface area contributed by atoms with Gasteiger partial charge in [0, 0.05) is 9.77 Å². The normalized spacial score (nSPS) is 10.1. The average Bonchev–Trinajstić information content (AvgIpc) is 2.77. The number of nitrogens with zero attached hydrogens (tertiary/aromatic N) is 2. The van der Waals surface area contributed by atoms with Crippen molar-refractivity contribution < 1.29 is 4.79 Å². The standard InChI is InChI=1S/C9H8IN5O/c10-5-3-8(12-4-6(5)11)14-9(16)7-1-2-13-15-7/h1-4H,11H2,(H,13,15)(H,12,14,16). The molecule has 0 radical (unpaired) electrons. The summed E-state index contributed by atoms with van der Waals surface area (Å²) in [5.74, 6) is 0.170. The highest BCUT2D eigenvalue weighted by Gasteiger charge is 2.08. The fourth-order valence-electron chi connectivity index (χ4n) is 1.08. The Morgan fingerprint density at radius 2 is 2.38 bits per heavy atom. The molecule has 2 heterocycles. The van der Waals surface area contributed by atoms with Crippen LogP contribution in [0.1, 0.15) is 10.5 Å². The van der Waals surface area contributed by atoms with E-state index in [9.17, 15) is 4.79 Å². The van der Waals surface area contributed by atoms with E-state index in [2.05, 4.69) is 43.1 Å². The summed E-state index contributed by atoms with van der Waals surface area (Å²) in [6, 6.07) is 3.28. The maximum absolute atomic E-state index is 11.6. The van der Waals surface area contributed by atoms with E-state index in [0.717, 1.165) is 3.57 Å². The Morgan fingerprint density at radius 3 is 3.00 bits per heavy atom. The highest BCUT2D eigenvalue weighted by Crippen LogP contribution is 2.16. The Kier molecular flexibility index (Phi) is 3.04. The average molecular weight is 329 g/mol. The minimum Gasteiger partial charge on any atom is -0.397 e. The van der Waals surface area contributed by atoms with Crippen molar-refractivity contribution >= 4 is 40.0 Å². The van der Waals surface area contributed by atoms with Crippen molar-refractivity contribution in [1.82, 2.24) is 15.2 Å². The summed E-state index contributed by atoms with van der Waals surface area (Å²) in [5, 5.41) is 8.89. The van der Waals surface area contributed by atoms with E-state index < -0.39 is 0 Å². The number of H-pyrrole nitrogens is 1. The van der Waals surface area contributed by atoms with Gasteiger partial charge in [-0.15, -0.1) is 0 Å². The number of nitrogens with two attached hydrogens (primary N) is 1. The number of carbonyl (C=O) groups excluding carboxylic acids is 1. The van der Waals surface area contributed by atoms with E-state index in [1.807, 2.05) is 0 Å². The number of hydrogen-bond acceptors (Lipinski definition) is 4. The van der Waals surface area contributed by atoms with Gasteiger partial charge in [0.15, 0.2) is 0 Å². The third kappa shape index (κ3) is 2.30. The van der Waals surface area contributed by atoms with Crippen LogP contribution in [0.3, 0.4) is 0 Å². The minimum absolute atomic E-state index is 0.287. The molecular formula is C9H8IN5O. The lowest BCUT2D eigenvalue weighted by atomic mass is 10.4. The largest absolute Gasteiger partial charge is 0.397 e. The molecule has 0 saturated carbocycles. The van der Waals surface area contributed by atoms with Gasteiger partial charge in [-0.05, 0) is 34.7 Å². The lowest BCUT2D eigenvalue weighted by Gasteiger charge is -2.04. The molecule has 1 amide bonds. The molecule has 0 unspecified atom stereocenters. The first-order valence-corrected chi connectivity index (χ1v) is 5.46. The van der Waals surface area contributed by atoms with E-state index in [0.29, 0.717) is 17.2 Å². The number of anilines is 2. The Hall–Kier alpha value is -1.64. The number of aromatic amines is 1. The van der Waals surface area contributed by atoms with E-state index in [-0.39, 0.29) is 5.91 Å². The van der Waals surface area contributed by atoms with Gasteiger partial charge < -0.3 is 11.1 Å². The molecule has 0 aliphatic carbocycles. The second kappa shape index (κ2) is 4.47. The maximum atomic E-state index is 11.6. The molecule has 4 N–H and O–H groups in total. The predicted octanol–water partition coefficient (Wildman–Crippen LogP) is 1.24. The second-order valence-electron chi connectivity index (χ2n) is 3.02. The van der Waals surface area contributed by atoms with E-state index in [1.165, 1.54) is 12.4 Å². The van der Waals surface area contributed by atoms with Crippen LogP contribution in [0, 0.1) is 3.57 Å². The van der Waals surface area contributed by atoms with Gasteiger partial charge in [-0.1, -0.05) is 0 Å². The number of nitrogens with one attached hydrogen (secondary N) is 2. The van der Waals surface area contributed by atoms with Crippen molar-refractivity contribution in [2.24, 2.45) is 0 Å². The molecule has 0 atom stereocenters. The molecular weight excluding hydrogens is 321 g/mol. The van der Waals surface area contributed by atoms with Crippen molar-refractivity contribution in [2.45, 2.75) is 0 Å². The number of amides is 1. The van der Waals surface area contributed by atoms with Crippen LogP contribution in [0.15, 0.2) is 24.5 Å². The summed E-state index contributed by atoms with van der Waals surface area (Å²) in [5.41, 5.74) is 6.58. The minimum atomic E-state index is -0.287. The number of hydrogen-bond donors (Lipinski definition) is 3. The topological polar surface area (TPSA) is 96.7 Å². The van der Waals surface area contributed by atoms with Gasteiger partial charge in [-0.2, -0.15) is 5.10 Å². The highest BCUT2D eigenvalue weighted by atomic mass is 127. The zero-order valence-electron chi connectivity index (χ0n) is 8.07. The van der Waals surface area contributed by atoms with Crippen LogP contribution < -0.4 is 11.1 Å². The van der Waals surface area contributed by atoms with Gasteiger partial charge in [0.25, 0.3) is 5.91 Å². The predicted molar refractivity (Wildman–Crippen MR) is 67.9 cm³/mol. The van der Waals surface area contributed by atoms with Crippen LogP contribution in [0.25, 0.3) is 0 Å². The summed E-state index contributed by atoms with van der Waals surface area (Å²) in [7, 11) is 0. The van der Waals surface area contributed by atoms with Gasteiger partial charge in [0.1, 0.15) is 11.5 Å². The van der Waals surface area contributed by atoms with Gasteiger partial charge in [-0.25, -0.2) is 4.98 Å². The van der Waals surface area contributed by atoms with Crippen LogP contribution >= 0.6 is 22.6 Å². The first kappa shape index (κ1) is 10.9. The molecule has 0 aliphatic rings. The Bertz CT molecular complexity index is 511. The summed E-state index contributed by atoms with van der Waals surface area (Å²) in [4.78, 5) is 15.6. The smallest absolute Gasteiger partial charge is 0.274 e. The lowest BCUT2D eigenvalue weighted by Crippen LogP contribution is -2.13. The fraction of sp³-hybridized carbons (Fsp3) is 0. The Morgan fingerprint density at radius 1 is 1.56 bits per heavy atom.